The molecule has 0 spiro atoms. The van der Waals surface area contributed by atoms with Gasteiger partial charge in [0.25, 0.3) is 0 Å². The van der Waals surface area contributed by atoms with E-state index >= 15 is 0 Å². The third-order valence-electron chi connectivity index (χ3n) is 6.73. The van der Waals surface area contributed by atoms with Crippen molar-refractivity contribution in [1.29, 1.82) is 0 Å². The molecule has 3 heterocycles. The summed E-state index contributed by atoms with van der Waals surface area (Å²) >= 11 is 6.14. The second kappa shape index (κ2) is 8.26. The van der Waals surface area contributed by atoms with E-state index < -0.39 is 0 Å². The summed E-state index contributed by atoms with van der Waals surface area (Å²) in [5.41, 5.74) is 2.32. The maximum Gasteiger partial charge on any atom is 0.313 e. The van der Waals surface area contributed by atoms with E-state index in [2.05, 4.69) is 12.1 Å². The molecule has 0 N–H and O–H groups in total. The Morgan fingerprint density at radius 2 is 1.89 bits per heavy atom. The molecular formula is C24H29ClNO2+. The monoisotopic (exact) mass is 398 g/mol. The van der Waals surface area contributed by atoms with Crippen molar-refractivity contribution in [3.8, 4) is 0 Å². The summed E-state index contributed by atoms with van der Waals surface area (Å²) in [5.74, 6) is 0.229. The van der Waals surface area contributed by atoms with Crippen LogP contribution in [0.25, 0.3) is 0 Å². The Morgan fingerprint density at radius 3 is 2.61 bits per heavy atom. The van der Waals surface area contributed by atoms with Crippen LogP contribution in [0, 0.1) is 5.92 Å². The fourth-order valence-electron chi connectivity index (χ4n) is 4.86. The predicted molar refractivity (Wildman–Crippen MR) is 112 cm³/mol. The SMILES string of the molecule is CC(C(=O)O[C@H]1C[N+]2(CCc3cccc(Cl)c3)CCC1CC2)c1ccccc1. The Morgan fingerprint density at radius 1 is 1.14 bits per heavy atom. The van der Waals surface area contributed by atoms with E-state index in [9.17, 15) is 4.79 Å². The van der Waals surface area contributed by atoms with E-state index in [1.165, 1.54) is 18.7 Å². The molecule has 3 nitrogen and oxygen atoms in total. The lowest BCUT2D eigenvalue weighted by Gasteiger charge is -2.52. The Labute approximate surface area is 172 Å². The van der Waals surface area contributed by atoms with Crippen molar-refractivity contribution in [3.05, 3.63) is 70.7 Å². The van der Waals surface area contributed by atoms with Crippen LogP contribution in [0.1, 0.15) is 36.8 Å². The molecule has 4 heteroatoms. The number of hydrogen-bond acceptors (Lipinski definition) is 2. The molecule has 2 aromatic rings. The highest BCUT2D eigenvalue weighted by Crippen LogP contribution is 2.36. The van der Waals surface area contributed by atoms with Crippen LogP contribution in [0.2, 0.25) is 5.02 Å². The molecule has 0 aliphatic carbocycles. The molecule has 3 aliphatic rings. The summed E-state index contributed by atoms with van der Waals surface area (Å²) in [4.78, 5) is 12.8. The Kier molecular flexibility index (Phi) is 5.75. The van der Waals surface area contributed by atoms with E-state index in [4.69, 9.17) is 16.3 Å². The van der Waals surface area contributed by atoms with Gasteiger partial charge in [-0.1, -0.05) is 54.1 Å². The zero-order chi connectivity index (χ0) is 19.6. The number of carbonyl (C=O) groups is 1. The third-order valence-corrected chi connectivity index (χ3v) is 6.96. The average Bonchev–Trinajstić information content (AvgIpc) is 2.73. The molecule has 1 unspecified atom stereocenters. The first-order chi connectivity index (χ1) is 13.5. The van der Waals surface area contributed by atoms with Gasteiger partial charge in [-0.3, -0.25) is 4.79 Å². The minimum absolute atomic E-state index is 0.0560. The number of esters is 1. The van der Waals surface area contributed by atoms with Crippen molar-refractivity contribution in [3.63, 3.8) is 0 Å². The molecule has 0 aromatic heterocycles. The topological polar surface area (TPSA) is 26.3 Å². The summed E-state index contributed by atoms with van der Waals surface area (Å²) in [6.45, 7) is 6.40. The maximum atomic E-state index is 12.8. The molecule has 0 radical (unpaired) electrons. The van der Waals surface area contributed by atoms with Crippen LogP contribution in [0.3, 0.4) is 0 Å². The van der Waals surface area contributed by atoms with Gasteiger partial charge in [0, 0.05) is 30.2 Å². The highest BCUT2D eigenvalue weighted by molar-refractivity contribution is 6.30. The normalized spacial score (nSPS) is 27.4. The molecule has 0 amide bonds. The predicted octanol–water partition coefficient (Wildman–Crippen LogP) is 4.84. The standard InChI is InChI=1S/C24H29ClNO2/c1-18(20-7-3-2-4-8-20)24(27)28-23-17-26(14-11-21(23)12-15-26)13-10-19-6-5-9-22(25)16-19/h2-9,16,18,21,23H,10-15,17H2,1H3/q+1/t18?,21?,23-,26?/m0/s1. The van der Waals surface area contributed by atoms with Gasteiger partial charge in [-0.25, -0.2) is 0 Å². The molecule has 0 saturated carbocycles. The molecule has 5 rings (SSSR count). The molecule has 2 atom stereocenters. The number of fused-ring (bicyclic) bond motifs is 3. The lowest BCUT2D eigenvalue weighted by Crippen LogP contribution is -2.65. The van der Waals surface area contributed by atoms with E-state index in [0.717, 1.165) is 47.4 Å². The van der Waals surface area contributed by atoms with Gasteiger partial charge in [-0.15, -0.1) is 0 Å². The summed E-state index contributed by atoms with van der Waals surface area (Å²) in [7, 11) is 0. The lowest BCUT2D eigenvalue weighted by atomic mass is 9.82. The highest BCUT2D eigenvalue weighted by Gasteiger charge is 2.47. The third kappa shape index (κ3) is 4.26. The fourth-order valence-corrected chi connectivity index (χ4v) is 5.07. The number of piperidine rings is 3. The second-order valence-corrected chi connectivity index (χ2v) is 8.96. The van der Waals surface area contributed by atoms with Crippen LogP contribution in [0.15, 0.2) is 54.6 Å². The fraction of sp³-hybridized carbons (Fsp3) is 0.458. The maximum absolute atomic E-state index is 12.8. The van der Waals surface area contributed by atoms with E-state index in [1.54, 1.807) is 0 Å². The largest absolute Gasteiger partial charge is 0.456 e. The molecule has 28 heavy (non-hydrogen) atoms. The summed E-state index contributed by atoms with van der Waals surface area (Å²) in [6.07, 6.45) is 3.40. The van der Waals surface area contributed by atoms with Crippen molar-refractivity contribution < 1.29 is 14.0 Å². The molecular weight excluding hydrogens is 370 g/mol. The first-order valence-electron chi connectivity index (χ1n) is 10.4. The first-order valence-corrected chi connectivity index (χ1v) is 10.8. The Bertz CT molecular complexity index is 814. The van der Waals surface area contributed by atoms with Gasteiger partial charge in [0.2, 0.25) is 0 Å². The van der Waals surface area contributed by atoms with Crippen LogP contribution in [0.4, 0.5) is 0 Å². The van der Waals surface area contributed by atoms with Crippen LogP contribution in [-0.2, 0) is 16.0 Å². The van der Waals surface area contributed by atoms with Crippen molar-refractivity contribution in [2.24, 2.45) is 5.92 Å². The van der Waals surface area contributed by atoms with Crippen LogP contribution in [-0.4, -0.2) is 42.7 Å². The molecule has 3 fully saturated rings. The number of carbonyl (C=O) groups excluding carboxylic acids is 1. The number of rotatable bonds is 6. The summed E-state index contributed by atoms with van der Waals surface area (Å²) < 4.78 is 7.13. The van der Waals surface area contributed by atoms with Gasteiger partial charge in [0.1, 0.15) is 6.54 Å². The minimum atomic E-state index is -0.212. The highest BCUT2D eigenvalue weighted by atomic mass is 35.5. The molecule has 2 aromatic carbocycles. The zero-order valence-electron chi connectivity index (χ0n) is 16.5. The van der Waals surface area contributed by atoms with Gasteiger partial charge in [-0.05, 0) is 30.2 Å². The average molecular weight is 399 g/mol. The van der Waals surface area contributed by atoms with Crippen LogP contribution >= 0.6 is 11.6 Å². The van der Waals surface area contributed by atoms with Crippen molar-refractivity contribution in [2.45, 2.75) is 38.2 Å². The minimum Gasteiger partial charge on any atom is -0.456 e. The van der Waals surface area contributed by atoms with Crippen molar-refractivity contribution in [1.82, 2.24) is 0 Å². The van der Waals surface area contributed by atoms with Crippen LogP contribution in [0.5, 0.6) is 0 Å². The van der Waals surface area contributed by atoms with Crippen LogP contribution < -0.4 is 0 Å². The van der Waals surface area contributed by atoms with Crippen molar-refractivity contribution in [2.75, 3.05) is 26.2 Å². The van der Waals surface area contributed by atoms with E-state index in [-0.39, 0.29) is 18.0 Å². The van der Waals surface area contributed by atoms with E-state index in [0.29, 0.717) is 5.92 Å². The number of ether oxygens (including phenoxy) is 1. The van der Waals surface area contributed by atoms with Crippen molar-refractivity contribution >= 4 is 17.6 Å². The number of quaternary nitrogens is 1. The summed E-state index contributed by atoms with van der Waals surface area (Å²) in [6, 6.07) is 18.1. The molecule has 3 aliphatic heterocycles. The van der Waals surface area contributed by atoms with Gasteiger partial charge < -0.3 is 9.22 Å². The summed E-state index contributed by atoms with van der Waals surface area (Å²) in [5, 5.41) is 0.802. The second-order valence-electron chi connectivity index (χ2n) is 8.52. The number of hydrogen-bond donors (Lipinski definition) is 0. The Balaban J connectivity index is 1.39. The molecule has 2 bridgehead atoms. The van der Waals surface area contributed by atoms with E-state index in [1.807, 2.05) is 49.4 Å². The lowest BCUT2D eigenvalue weighted by molar-refractivity contribution is -0.946. The molecule has 3 saturated heterocycles. The van der Waals surface area contributed by atoms with Gasteiger partial charge in [-0.2, -0.15) is 0 Å². The van der Waals surface area contributed by atoms with Gasteiger partial charge in [0.15, 0.2) is 6.10 Å². The smallest absolute Gasteiger partial charge is 0.313 e. The quantitative estimate of drug-likeness (QED) is 0.514. The zero-order valence-corrected chi connectivity index (χ0v) is 17.3. The van der Waals surface area contributed by atoms with Gasteiger partial charge in [0.05, 0.1) is 25.6 Å². The molecule has 148 valence electrons. The number of benzene rings is 2. The number of halogens is 1. The Hall–Kier alpha value is -1.84. The number of nitrogens with zero attached hydrogens (tertiary/aromatic N) is 1. The first kappa shape index (κ1) is 19.5. The van der Waals surface area contributed by atoms with Gasteiger partial charge >= 0.3 is 5.97 Å².